The van der Waals surface area contributed by atoms with Crippen molar-refractivity contribution in [3.63, 3.8) is 0 Å². The van der Waals surface area contributed by atoms with Crippen LogP contribution in [0.4, 0.5) is 0 Å². The van der Waals surface area contributed by atoms with Crippen LogP contribution in [0.25, 0.3) is 0 Å². The molecule has 2 fully saturated rings. The van der Waals surface area contributed by atoms with Crippen LogP contribution in [0.15, 0.2) is 11.1 Å². The smallest absolute Gasteiger partial charge is 0.0144 e. The summed E-state index contributed by atoms with van der Waals surface area (Å²) in [5.41, 5.74) is 0. The monoisotopic (exact) mass is 254 g/mol. The highest BCUT2D eigenvalue weighted by atomic mass is 35.5. The van der Waals surface area contributed by atoms with Crippen molar-refractivity contribution in [3.05, 3.63) is 11.1 Å². The van der Waals surface area contributed by atoms with Crippen molar-refractivity contribution >= 4 is 11.6 Å². The number of nitrogens with zero attached hydrogens (tertiary/aromatic N) is 2. The summed E-state index contributed by atoms with van der Waals surface area (Å²) < 4.78 is 0. The number of halogens is 1. The maximum absolute atomic E-state index is 6.15. The van der Waals surface area contributed by atoms with Gasteiger partial charge >= 0.3 is 0 Å². The normalized spacial score (nSPS) is 35.0. The lowest BCUT2D eigenvalue weighted by molar-refractivity contribution is 0.250. The number of rotatable bonds is 3. The predicted octanol–water partition coefficient (Wildman–Crippen LogP) is 2.55. The quantitative estimate of drug-likeness (QED) is 0.764. The highest BCUT2D eigenvalue weighted by Gasteiger charge is 2.34. The van der Waals surface area contributed by atoms with Gasteiger partial charge in [-0.25, -0.2) is 0 Å². The van der Waals surface area contributed by atoms with E-state index in [1.165, 1.54) is 58.5 Å². The van der Waals surface area contributed by atoms with E-state index in [1.54, 1.807) is 0 Å². The van der Waals surface area contributed by atoms with Gasteiger partial charge < -0.3 is 9.80 Å². The minimum Gasteiger partial charge on any atom is -0.302 e. The molecule has 0 aromatic heterocycles. The summed E-state index contributed by atoms with van der Waals surface area (Å²) in [6.45, 7) is 7.79. The van der Waals surface area contributed by atoms with Crippen LogP contribution in [0, 0.1) is 11.8 Å². The third kappa shape index (κ3) is 2.86. The molecule has 3 rings (SSSR count). The topological polar surface area (TPSA) is 6.48 Å². The van der Waals surface area contributed by atoms with Crippen molar-refractivity contribution in [1.29, 1.82) is 0 Å². The van der Waals surface area contributed by atoms with E-state index < -0.39 is 0 Å². The Kier molecular flexibility index (Phi) is 3.74. The molecule has 2 nitrogen and oxygen atoms in total. The van der Waals surface area contributed by atoms with Gasteiger partial charge in [-0.2, -0.15) is 0 Å². The number of likely N-dealkylation sites (tertiary alicyclic amines) is 2. The van der Waals surface area contributed by atoms with Crippen LogP contribution < -0.4 is 0 Å². The summed E-state index contributed by atoms with van der Waals surface area (Å²) >= 11 is 6.15. The molecule has 0 aromatic carbocycles. The van der Waals surface area contributed by atoms with Gasteiger partial charge in [-0.15, -0.1) is 0 Å². The fourth-order valence-corrected chi connectivity index (χ4v) is 3.91. The Balaban J connectivity index is 1.45. The van der Waals surface area contributed by atoms with Crippen LogP contribution in [0.1, 0.15) is 25.7 Å². The lowest BCUT2D eigenvalue weighted by Crippen LogP contribution is -2.32. The molecule has 1 aliphatic carbocycles. The molecule has 3 heteroatoms. The van der Waals surface area contributed by atoms with Gasteiger partial charge in [-0.1, -0.05) is 17.7 Å². The molecular weight excluding hydrogens is 232 g/mol. The van der Waals surface area contributed by atoms with Crippen LogP contribution in [0.3, 0.4) is 0 Å². The average Bonchev–Trinajstić information content (AvgIpc) is 2.94. The summed E-state index contributed by atoms with van der Waals surface area (Å²) in [6, 6.07) is 0. The van der Waals surface area contributed by atoms with E-state index in [0.717, 1.165) is 23.3 Å². The first-order valence-corrected chi connectivity index (χ1v) is 7.48. The molecule has 2 heterocycles. The van der Waals surface area contributed by atoms with Crippen LogP contribution in [0.5, 0.6) is 0 Å². The summed E-state index contributed by atoms with van der Waals surface area (Å²) in [5, 5.41) is 1.10. The van der Waals surface area contributed by atoms with E-state index in [0.29, 0.717) is 0 Å². The molecule has 2 saturated heterocycles. The Morgan fingerprint density at radius 1 is 1.06 bits per heavy atom. The first-order valence-electron chi connectivity index (χ1n) is 7.10. The third-order valence-electron chi connectivity index (χ3n) is 4.68. The standard InChI is InChI=1S/C14H23ClN2/c15-14-4-3-12-10-17(11-13(12)9-14)8-7-16-5-1-2-6-16/h4,12-13H,1-3,5-11H2/t12-,13-/m1/s1. The van der Waals surface area contributed by atoms with Crippen LogP contribution in [-0.4, -0.2) is 49.1 Å². The molecular formula is C14H23ClN2. The first kappa shape index (κ1) is 12.0. The second kappa shape index (κ2) is 5.29. The molecule has 0 radical (unpaired) electrons. The van der Waals surface area contributed by atoms with E-state index in [-0.39, 0.29) is 0 Å². The van der Waals surface area contributed by atoms with Crippen molar-refractivity contribution in [2.45, 2.75) is 25.7 Å². The van der Waals surface area contributed by atoms with Gasteiger partial charge in [-0.3, -0.25) is 0 Å². The van der Waals surface area contributed by atoms with Crippen molar-refractivity contribution in [2.24, 2.45) is 11.8 Å². The minimum absolute atomic E-state index is 0.839. The van der Waals surface area contributed by atoms with Crippen molar-refractivity contribution < 1.29 is 0 Å². The molecule has 0 spiro atoms. The van der Waals surface area contributed by atoms with Crippen molar-refractivity contribution in [2.75, 3.05) is 39.3 Å². The fourth-order valence-electron chi connectivity index (χ4n) is 3.62. The predicted molar refractivity (Wildman–Crippen MR) is 72.3 cm³/mol. The second-order valence-corrected chi connectivity index (χ2v) is 6.40. The van der Waals surface area contributed by atoms with Gasteiger partial charge in [0.05, 0.1) is 0 Å². The molecule has 96 valence electrons. The largest absolute Gasteiger partial charge is 0.302 e. The Hall–Kier alpha value is -0.0500. The van der Waals surface area contributed by atoms with E-state index in [4.69, 9.17) is 11.6 Å². The molecule has 0 saturated carbocycles. The Labute approximate surface area is 110 Å². The maximum atomic E-state index is 6.15. The number of fused-ring (bicyclic) bond motifs is 1. The Morgan fingerprint density at radius 3 is 2.59 bits per heavy atom. The minimum atomic E-state index is 0.839. The molecule has 2 atom stereocenters. The van der Waals surface area contributed by atoms with Crippen molar-refractivity contribution in [3.8, 4) is 0 Å². The SMILES string of the molecule is ClC1=CC[C@@H]2CN(CCN3CCCC3)C[C@H]2C1. The average molecular weight is 255 g/mol. The number of allylic oxidation sites excluding steroid dienone is 2. The van der Waals surface area contributed by atoms with Crippen LogP contribution in [-0.2, 0) is 0 Å². The van der Waals surface area contributed by atoms with E-state index in [1.807, 2.05) is 0 Å². The summed E-state index contributed by atoms with van der Waals surface area (Å²) in [5.74, 6) is 1.72. The fraction of sp³-hybridized carbons (Fsp3) is 0.857. The molecule has 0 N–H and O–H groups in total. The first-order chi connectivity index (χ1) is 8.31. The molecule has 0 amide bonds. The molecule has 2 aliphatic heterocycles. The zero-order valence-corrected chi connectivity index (χ0v) is 11.3. The van der Waals surface area contributed by atoms with E-state index in [2.05, 4.69) is 15.9 Å². The molecule has 0 unspecified atom stereocenters. The van der Waals surface area contributed by atoms with E-state index >= 15 is 0 Å². The lowest BCUT2D eigenvalue weighted by atomic mass is 9.86. The summed E-state index contributed by atoms with van der Waals surface area (Å²) in [4.78, 5) is 5.28. The van der Waals surface area contributed by atoms with E-state index in [9.17, 15) is 0 Å². The number of hydrogen-bond acceptors (Lipinski definition) is 2. The summed E-state index contributed by atoms with van der Waals surface area (Å²) in [6.07, 6.45) is 7.40. The zero-order chi connectivity index (χ0) is 11.7. The van der Waals surface area contributed by atoms with Gasteiger partial charge in [0.2, 0.25) is 0 Å². The van der Waals surface area contributed by atoms with Gasteiger partial charge in [0.1, 0.15) is 0 Å². The summed E-state index contributed by atoms with van der Waals surface area (Å²) in [7, 11) is 0. The third-order valence-corrected chi connectivity index (χ3v) is 4.99. The van der Waals surface area contributed by atoms with Gasteiger partial charge in [0.15, 0.2) is 0 Å². The van der Waals surface area contributed by atoms with Gasteiger partial charge in [0, 0.05) is 31.2 Å². The highest BCUT2D eigenvalue weighted by molar-refractivity contribution is 6.29. The van der Waals surface area contributed by atoms with Crippen molar-refractivity contribution in [1.82, 2.24) is 9.80 Å². The Bertz CT molecular complexity index is 297. The lowest BCUT2D eigenvalue weighted by Gasteiger charge is -2.21. The number of hydrogen-bond donors (Lipinski definition) is 0. The molecule has 3 aliphatic rings. The van der Waals surface area contributed by atoms with Crippen LogP contribution >= 0.6 is 11.6 Å². The molecule has 0 aromatic rings. The van der Waals surface area contributed by atoms with Gasteiger partial charge in [0.25, 0.3) is 0 Å². The van der Waals surface area contributed by atoms with Crippen LogP contribution in [0.2, 0.25) is 0 Å². The molecule has 17 heavy (non-hydrogen) atoms. The Morgan fingerprint density at radius 2 is 1.76 bits per heavy atom. The molecule has 0 bridgehead atoms. The van der Waals surface area contributed by atoms with Gasteiger partial charge in [-0.05, 0) is 50.6 Å². The second-order valence-electron chi connectivity index (χ2n) is 5.92. The maximum Gasteiger partial charge on any atom is 0.0144 e. The highest BCUT2D eigenvalue weighted by Crippen LogP contribution is 2.36. The zero-order valence-electron chi connectivity index (χ0n) is 10.6.